The fourth-order valence-corrected chi connectivity index (χ4v) is 3.59. The van der Waals surface area contributed by atoms with Crippen molar-refractivity contribution in [3.8, 4) is 11.4 Å². The van der Waals surface area contributed by atoms with Crippen molar-refractivity contribution >= 4 is 15.7 Å². The fourth-order valence-electron chi connectivity index (χ4n) is 2.35. The van der Waals surface area contributed by atoms with Crippen LogP contribution in [0.3, 0.4) is 0 Å². The molecule has 1 N–H and O–H groups in total. The number of nitrogens with one attached hydrogen (secondary N) is 1. The van der Waals surface area contributed by atoms with Gasteiger partial charge in [0, 0.05) is 0 Å². The van der Waals surface area contributed by atoms with Crippen LogP contribution in [0.15, 0.2) is 65.7 Å². The van der Waals surface area contributed by atoms with E-state index in [4.69, 9.17) is 4.74 Å². The van der Waals surface area contributed by atoms with E-state index in [9.17, 15) is 8.42 Å². The highest BCUT2D eigenvalue weighted by molar-refractivity contribution is 7.92. The summed E-state index contributed by atoms with van der Waals surface area (Å²) in [4.78, 5) is 0.122. The number of anilines is 1. The second kappa shape index (κ2) is 6.37. The predicted octanol–water partition coefficient (Wildman–Crippen LogP) is 2.99. The minimum absolute atomic E-state index is 0.122. The zero-order valence-corrected chi connectivity index (χ0v) is 14.1. The van der Waals surface area contributed by atoms with Gasteiger partial charge in [-0.25, -0.2) is 13.1 Å². The highest BCUT2D eigenvalue weighted by atomic mass is 32.2. The van der Waals surface area contributed by atoms with E-state index in [2.05, 4.69) is 9.82 Å². The van der Waals surface area contributed by atoms with Crippen LogP contribution >= 0.6 is 0 Å². The Morgan fingerprint density at radius 1 is 1.04 bits per heavy atom. The normalized spacial score (nSPS) is 11.2. The zero-order valence-electron chi connectivity index (χ0n) is 13.3. The number of nitrogens with zero attached hydrogens (tertiary/aromatic N) is 2. The number of methoxy groups -OCH3 is 1. The average molecular weight is 343 g/mol. The van der Waals surface area contributed by atoms with E-state index in [1.54, 1.807) is 35.9 Å². The molecule has 7 heteroatoms. The second-order valence-corrected chi connectivity index (χ2v) is 6.82. The molecule has 124 valence electrons. The van der Waals surface area contributed by atoms with E-state index in [0.29, 0.717) is 17.1 Å². The first kappa shape index (κ1) is 16.1. The van der Waals surface area contributed by atoms with Gasteiger partial charge >= 0.3 is 0 Å². The van der Waals surface area contributed by atoms with Crippen molar-refractivity contribution in [1.82, 2.24) is 9.78 Å². The van der Waals surface area contributed by atoms with Crippen LogP contribution in [0, 0.1) is 6.92 Å². The standard InChI is InChI=1S/C17H17N3O3S/c1-13-17(12-20(18-13)14-8-4-3-5-9-14)24(21,22)19-15-10-6-7-11-16(15)23-2/h3-12,19H,1-2H3. The summed E-state index contributed by atoms with van der Waals surface area (Å²) in [6.07, 6.45) is 1.50. The Labute approximate surface area is 140 Å². The third-order valence-electron chi connectivity index (χ3n) is 3.52. The molecule has 2 aromatic carbocycles. The van der Waals surface area contributed by atoms with Crippen molar-refractivity contribution in [3.05, 3.63) is 66.5 Å². The number of hydrogen-bond acceptors (Lipinski definition) is 4. The molecule has 1 aromatic heterocycles. The first-order valence-electron chi connectivity index (χ1n) is 7.29. The maximum Gasteiger partial charge on any atom is 0.265 e. The monoisotopic (exact) mass is 343 g/mol. The van der Waals surface area contributed by atoms with Crippen molar-refractivity contribution < 1.29 is 13.2 Å². The van der Waals surface area contributed by atoms with E-state index in [-0.39, 0.29) is 4.90 Å². The van der Waals surface area contributed by atoms with Crippen molar-refractivity contribution in [2.24, 2.45) is 0 Å². The van der Waals surface area contributed by atoms with Crippen molar-refractivity contribution in [2.45, 2.75) is 11.8 Å². The molecule has 0 unspecified atom stereocenters. The molecule has 0 saturated heterocycles. The summed E-state index contributed by atoms with van der Waals surface area (Å²) in [7, 11) is -2.29. The Bertz CT molecular complexity index is 950. The Morgan fingerprint density at radius 3 is 2.42 bits per heavy atom. The Balaban J connectivity index is 1.97. The number of para-hydroxylation sites is 3. The van der Waals surface area contributed by atoms with Crippen LogP contribution < -0.4 is 9.46 Å². The third kappa shape index (κ3) is 3.11. The van der Waals surface area contributed by atoms with Crippen LogP contribution in [-0.2, 0) is 10.0 Å². The minimum Gasteiger partial charge on any atom is -0.495 e. The molecule has 0 aliphatic heterocycles. The molecule has 0 spiro atoms. The molecule has 0 saturated carbocycles. The quantitative estimate of drug-likeness (QED) is 0.773. The number of hydrogen-bond donors (Lipinski definition) is 1. The first-order valence-corrected chi connectivity index (χ1v) is 8.77. The molecule has 3 aromatic rings. The lowest BCUT2D eigenvalue weighted by atomic mass is 10.3. The van der Waals surface area contributed by atoms with Crippen LogP contribution in [0.1, 0.15) is 5.69 Å². The van der Waals surface area contributed by atoms with E-state index < -0.39 is 10.0 Å². The lowest BCUT2D eigenvalue weighted by Crippen LogP contribution is -2.14. The smallest absolute Gasteiger partial charge is 0.265 e. The molecule has 0 amide bonds. The summed E-state index contributed by atoms with van der Waals surface area (Å²) in [6.45, 7) is 1.66. The van der Waals surface area contributed by atoms with Gasteiger partial charge in [0.25, 0.3) is 10.0 Å². The summed E-state index contributed by atoms with van der Waals surface area (Å²) in [5.74, 6) is 0.453. The summed E-state index contributed by atoms with van der Waals surface area (Å²) >= 11 is 0. The molecule has 0 radical (unpaired) electrons. The van der Waals surface area contributed by atoms with Gasteiger partial charge in [-0.1, -0.05) is 30.3 Å². The summed E-state index contributed by atoms with van der Waals surface area (Å²) in [5, 5.41) is 4.30. The lowest BCUT2D eigenvalue weighted by Gasteiger charge is -2.10. The number of aromatic nitrogens is 2. The molecule has 0 bridgehead atoms. The SMILES string of the molecule is COc1ccccc1NS(=O)(=O)c1cn(-c2ccccc2)nc1C. The van der Waals surface area contributed by atoms with Crippen LogP contribution in [0.25, 0.3) is 5.69 Å². The van der Waals surface area contributed by atoms with Crippen LogP contribution in [0.4, 0.5) is 5.69 Å². The Hall–Kier alpha value is -2.80. The van der Waals surface area contributed by atoms with Gasteiger partial charge < -0.3 is 4.74 Å². The summed E-state index contributed by atoms with van der Waals surface area (Å²) in [6, 6.07) is 16.2. The van der Waals surface area contributed by atoms with Gasteiger partial charge in [-0.2, -0.15) is 5.10 Å². The molecule has 6 nitrogen and oxygen atoms in total. The molecule has 3 rings (SSSR count). The molecule has 24 heavy (non-hydrogen) atoms. The average Bonchev–Trinajstić information content (AvgIpc) is 2.99. The Morgan fingerprint density at radius 2 is 1.71 bits per heavy atom. The van der Waals surface area contributed by atoms with Gasteiger partial charge in [-0.05, 0) is 31.2 Å². The number of benzene rings is 2. The van der Waals surface area contributed by atoms with Crippen molar-refractivity contribution in [2.75, 3.05) is 11.8 Å². The molecule has 0 aliphatic carbocycles. The number of aryl methyl sites for hydroxylation is 1. The Kier molecular flexibility index (Phi) is 4.26. The topological polar surface area (TPSA) is 73.2 Å². The maximum absolute atomic E-state index is 12.7. The largest absolute Gasteiger partial charge is 0.495 e. The van der Waals surface area contributed by atoms with E-state index in [1.807, 2.05) is 30.3 Å². The van der Waals surface area contributed by atoms with Gasteiger partial charge in [0.1, 0.15) is 10.6 Å². The van der Waals surface area contributed by atoms with Crippen LogP contribution in [-0.4, -0.2) is 25.3 Å². The predicted molar refractivity (Wildman–Crippen MR) is 92.1 cm³/mol. The molecule has 0 aliphatic rings. The minimum atomic E-state index is -3.78. The van der Waals surface area contributed by atoms with Gasteiger partial charge in [0.05, 0.1) is 30.4 Å². The van der Waals surface area contributed by atoms with Crippen molar-refractivity contribution in [3.63, 3.8) is 0 Å². The number of ether oxygens (including phenoxy) is 1. The lowest BCUT2D eigenvalue weighted by molar-refractivity contribution is 0.417. The van der Waals surface area contributed by atoms with Gasteiger partial charge in [0.2, 0.25) is 0 Å². The number of rotatable bonds is 5. The van der Waals surface area contributed by atoms with Gasteiger partial charge in [0.15, 0.2) is 0 Å². The molecule has 0 atom stereocenters. The maximum atomic E-state index is 12.7. The van der Waals surface area contributed by atoms with Gasteiger partial charge in [-0.3, -0.25) is 4.72 Å². The van der Waals surface area contributed by atoms with Crippen LogP contribution in [0.5, 0.6) is 5.75 Å². The molecule has 0 fully saturated rings. The van der Waals surface area contributed by atoms with Gasteiger partial charge in [-0.15, -0.1) is 0 Å². The second-order valence-electron chi connectivity index (χ2n) is 5.16. The van der Waals surface area contributed by atoms with E-state index in [1.165, 1.54) is 13.3 Å². The fraction of sp³-hybridized carbons (Fsp3) is 0.118. The number of sulfonamides is 1. The van der Waals surface area contributed by atoms with Crippen LogP contribution in [0.2, 0.25) is 0 Å². The zero-order chi connectivity index (χ0) is 17.2. The molecule has 1 heterocycles. The first-order chi connectivity index (χ1) is 11.5. The molecular weight excluding hydrogens is 326 g/mol. The third-order valence-corrected chi connectivity index (χ3v) is 4.98. The summed E-state index contributed by atoms with van der Waals surface area (Å²) < 4.78 is 34.7. The summed E-state index contributed by atoms with van der Waals surface area (Å²) in [5.41, 5.74) is 1.59. The molecular formula is C17H17N3O3S. The van der Waals surface area contributed by atoms with Crippen molar-refractivity contribution in [1.29, 1.82) is 0 Å². The van der Waals surface area contributed by atoms with E-state index >= 15 is 0 Å². The van der Waals surface area contributed by atoms with E-state index in [0.717, 1.165) is 5.69 Å². The highest BCUT2D eigenvalue weighted by Gasteiger charge is 2.22. The highest BCUT2D eigenvalue weighted by Crippen LogP contribution is 2.27.